The zero-order chi connectivity index (χ0) is 12.2. The second-order valence-corrected chi connectivity index (χ2v) is 3.46. The molecule has 0 amide bonds. The zero-order valence-electron chi connectivity index (χ0n) is 8.64. The Kier molecular flexibility index (Phi) is 9.38. The van der Waals surface area contributed by atoms with E-state index in [2.05, 4.69) is 0 Å². The highest BCUT2D eigenvalue weighted by atomic mass is 35.5. The fourth-order valence-electron chi connectivity index (χ4n) is 0.829. The van der Waals surface area contributed by atoms with Gasteiger partial charge < -0.3 is 4.79 Å². The molecule has 0 N–H and O–H groups in total. The quantitative estimate of drug-likeness (QED) is 0.677. The van der Waals surface area contributed by atoms with Gasteiger partial charge in [0.2, 0.25) is 0 Å². The third kappa shape index (κ3) is 8.04. The molecule has 0 atom stereocenters. The van der Waals surface area contributed by atoms with Gasteiger partial charge in [-0.3, -0.25) is 0 Å². The lowest BCUT2D eigenvalue weighted by molar-refractivity contribution is -0.0979. The SMILES string of the molecule is C=O.Clc1ccccc1.Clc1ccccc1. The van der Waals surface area contributed by atoms with E-state index in [0.29, 0.717) is 0 Å². The summed E-state index contributed by atoms with van der Waals surface area (Å²) in [5.41, 5.74) is 0. The van der Waals surface area contributed by atoms with Gasteiger partial charge in [0.05, 0.1) is 0 Å². The van der Waals surface area contributed by atoms with Crippen molar-refractivity contribution in [1.29, 1.82) is 0 Å². The highest BCUT2D eigenvalue weighted by Crippen LogP contribution is 2.04. The van der Waals surface area contributed by atoms with Crippen LogP contribution in [-0.4, -0.2) is 6.79 Å². The molecular weight excluding hydrogens is 243 g/mol. The zero-order valence-corrected chi connectivity index (χ0v) is 10.2. The Morgan fingerprint density at radius 1 is 0.625 bits per heavy atom. The van der Waals surface area contributed by atoms with Crippen LogP contribution in [-0.2, 0) is 4.79 Å². The van der Waals surface area contributed by atoms with Gasteiger partial charge in [-0.25, -0.2) is 0 Å². The van der Waals surface area contributed by atoms with E-state index < -0.39 is 0 Å². The first-order chi connectivity index (χ1) is 7.79. The van der Waals surface area contributed by atoms with E-state index in [1.54, 1.807) is 0 Å². The van der Waals surface area contributed by atoms with Gasteiger partial charge in [0, 0.05) is 10.0 Å². The van der Waals surface area contributed by atoms with Crippen LogP contribution in [0.5, 0.6) is 0 Å². The van der Waals surface area contributed by atoms with Crippen LogP contribution in [0.25, 0.3) is 0 Å². The highest BCUT2D eigenvalue weighted by Gasteiger charge is 1.75. The van der Waals surface area contributed by atoms with Crippen LogP contribution in [0.15, 0.2) is 60.7 Å². The number of hydrogen-bond acceptors (Lipinski definition) is 1. The highest BCUT2D eigenvalue weighted by molar-refractivity contribution is 6.30. The number of halogens is 2. The van der Waals surface area contributed by atoms with Gasteiger partial charge in [-0.05, 0) is 24.3 Å². The Labute approximate surface area is 106 Å². The average Bonchev–Trinajstić information content (AvgIpc) is 2.34. The minimum Gasteiger partial charge on any atom is -0.307 e. The molecule has 2 aromatic carbocycles. The summed E-state index contributed by atoms with van der Waals surface area (Å²) in [6.45, 7) is 2.00. The third-order valence-electron chi connectivity index (χ3n) is 1.47. The number of carbonyl (C=O) groups excluding carboxylic acids is 1. The predicted molar refractivity (Wildman–Crippen MR) is 70.0 cm³/mol. The first-order valence-electron chi connectivity index (χ1n) is 4.49. The summed E-state index contributed by atoms with van der Waals surface area (Å²) >= 11 is 11.1. The van der Waals surface area contributed by atoms with Crippen LogP contribution in [0.2, 0.25) is 10.0 Å². The van der Waals surface area contributed by atoms with E-state index in [0.717, 1.165) is 10.0 Å². The number of carbonyl (C=O) groups is 1. The van der Waals surface area contributed by atoms with E-state index in [1.165, 1.54) is 0 Å². The standard InChI is InChI=1S/2C6H5Cl.CH2O/c2*7-6-4-2-1-3-5-6;1-2/h2*1-5H;1H2. The smallest absolute Gasteiger partial charge is 0.106 e. The molecule has 0 aliphatic carbocycles. The van der Waals surface area contributed by atoms with Crippen molar-refractivity contribution in [3.8, 4) is 0 Å². The Bertz CT molecular complexity index is 325. The topological polar surface area (TPSA) is 17.1 Å². The van der Waals surface area contributed by atoms with Crippen LogP contribution in [0.1, 0.15) is 0 Å². The Balaban J connectivity index is 0.000000244. The molecule has 0 radical (unpaired) electrons. The van der Waals surface area contributed by atoms with Crippen LogP contribution in [0.4, 0.5) is 0 Å². The molecule has 2 rings (SSSR count). The van der Waals surface area contributed by atoms with E-state index >= 15 is 0 Å². The maximum Gasteiger partial charge on any atom is 0.106 e. The maximum atomic E-state index is 8.00. The summed E-state index contributed by atoms with van der Waals surface area (Å²) < 4.78 is 0. The number of rotatable bonds is 0. The van der Waals surface area contributed by atoms with Crippen molar-refractivity contribution in [2.24, 2.45) is 0 Å². The van der Waals surface area contributed by atoms with Gasteiger partial charge in [0.1, 0.15) is 6.79 Å². The largest absolute Gasteiger partial charge is 0.307 e. The molecule has 1 nitrogen and oxygen atoms in total. The van der Waals surface area contributed by atoms with Crippen LogP contribution < -0.4 is 0 Å². The lowest BCUT2D eigenvalue weighted by Gasteiger charge is -1.80. The Hall–Kier alpha value is -1.31. The number of benzene rings is 2. The fraction of sp³-hybridized carbons (Fsp3) is 0. The normalized spacial score (nSPS) is 7.88. The minimum absolute atomic E-state index is 0.794. The molecule has 0 unspecified atom stereocenters. The molecular formula is C13H12Cl2O. The molecule has 0 bridgehead atoms. The third-order valence-corrected chi connectivity index (χ3v) is 1.97. The first kappa shape index (κ1) is 14.7. The van der Waals surface area contributed by atoms with Crippen molar-refractivity contribution in [2.75, 3.05) is 0 Å². The van der Waals surface area contributed by atoms with Crippen LogP contribution in [0, 0.1) is 0 Å². The first-order valence-corrected chi connectivity index (χ1v) is 5.24. The monoisotopic (exact) mass is 254 g/mol. The van der Waals surface area contributed by atoms with E-state index in [4.69, 9.17) is 28.0 Å². The van der Waals surface area contributed by atoms with Gasteiger partial charge in [-0.2, -0.15) is 0 Å². The second kappa shape index (κ2) is 10.2. The van der Waals surface area contributed by atoms with Crippen molar-refractivity contribution in [2.45, 2.75) is 0 Å². The summed E-state index contributed by atoms with van der Waals surface area (Å²) in [7, 11) is 0. The molecule has 2 aromatic rings. The maximum absolute atomic E-state index is 8.00. The predicted octanol–water partition coefficient (Wildman–Crippen LogP) is 4.50. The lowest BCUT2D eigenvalue weighted by atomic mass is 10.4. The second-order valence-electron chi connectivity index (χ2n) is 2.59. The van der Waals surface area contributed by atoms with Gasteiger partial charge >= 0.3 is 0 Å². The van der Waals surface area contributed by atoms with Crippen molar-refractivity contribution < 1.29 is 4.79 Å². The molecule has 0 aromatic heterocycles. The van der Waals surface area contributed by atoms with Gasteiger partial charge in [-0.1, -0.05) is 59.6 Å². The lowest BCUT2D eigenvalue weighted by Crippen LogP contribution is -1.55. The molecule has 84 valence electrons. The van der Waals surface area contributed by atoms with Crippen molar-refractivity contribution in [3.05, 3.63) is 70.7 Å². The van der Waals surface area contributed by atoms with Crippen molar-refractivity contribution >= 4 is 30.0 Å². The van der Waals surface area contributed by atoms with Crippen LogP contribution >= 0.6 is 23.2 Å². The number of hydrogen-bond donors (Lipinski definition) is 0. The van der Waals surface area contributed by atoms with Gasteiger partial charge in [0.15, 0.2) is 0 Å². The molecule has 0 saturated heterocycles. The summed E-state index contributed by atoms with van der Waals surface area (Å²) in [5.74, 6) is 0. The van der Waals surface area contributed by atoms with E-state index in [1.807, 2.05) is 67.5 Å². The molecule has 3 heteroatoms. The molecule has 16 heavy (non-hydrogen) atoms. The summed E-state index contributed by atoms with van der Waals surface area (Å²) in [6, 6.07) is 18.9. The summed E-state index contributed by atoms with van der Waals surface area (Å²) in [4.78, 5) is 8.00. The molecule has 0 fully saturated rings. The molecule has 0 saturated carbocycles. The Morgan fingerprint density at radius 3 is 1.00 bits per heavy atom. The van der Waals surface area contributed by atoms with E-state index in [9.17, 15) is 0 Å². The summed E-state index contributed by atoms with van der Waals surface area (Å²) in [5, 5.41) is 1.59. The molecule has 0 aliphatic heterocycles. The molecule has 0 heterocycles. The van der Waals surface area contributed by atoms with Gasteiger partial charge in [-0.15, -0.1) is 0 Å². The fourth-order valence-corrected chi connectivity index (χ4v) is 1.12. The van der Waals surface area contributed by atoms with E-state index in [-0.39, 0.29) is 0 Å². The average molecular weight is 255 g/mol. The molecule has 0 aliphatic rings. The Morgan fingerprint density at radius 2 is 0.875 bits per heavy atom. The molecule has 0 spiro atoms. The van der Waals surface area contributed by atoms with Crippen LogP contribution in [0.3, 0.4) is 0 Å². The summed E-state index contributed by atoms with van der Waals surface area (Å²) in [6.07, 6.45) is 0. The van der Waals surface area contributed by atoms with Gasteiger partial charge in [0.25, 0.3) is 0 Å². The van der Waals surface area contributed by atoms with Crippen molar-refractivity contribution in [1.82, 2.24) is 0 Å². The van der Waals surface area contributed by atoms with Crippen molar-refractivity contribution in [3.63, 3.8) is 0 Å². The minimum atomic E-state index is 0.794.